The lowest BCUT2D eigenvalue weighted by Crippen LogP contribution is -2.42. The second-order valence-corrected chi connectivity index (χ2v) is 4.93. The van der Waals surface area contributed by atoms with Crippen LogP contribution >= 0.6 is 11.8 Å². The first-order valence-electron chi connectivity index (χ1n) is 5.19. The standard InChI is InChI=1S/C10H14N2O3S/c13-10(14)5-8-7-16-4-3-12(8)6-9-1-2-11-15-9/h1-2,8H,3-7H2,(H,13,14). The van der Waals surface area contributed by atoms with E-state index in [0.717, 1.165) is 23.8 Å². The van der Waals surface area contributed by atoms with Gasteiger partial charge in [0.25, 0.3) is 0 Å². The molecule has 1 aromatic rings. The summed E-state index contributed by atoms with van der Waals surface area (Å²) in [6.07, 6.45) is 1.81. The first kappa shape index (κ1) is 11.5. The van der Waals surface area contributed by atoms with Crippen LogP contribution in [0.2, 0.25) is 0 Å². The van der Waals surface area contributed by atoms with Gasteiger partial charge in [-0.05, 0) is 0 Å². The molecule has 0 aliphatic carbocycles. The van der Waals surface area contributed by atoms with Crippen LogP contribution in [0.25, 0.3) is 0 Å². The van der Waals surface area contributed by atoms with E-state index in [2.05, 4.69) is 10.1 Å². The van der Waals surface area contributed by atoms with Crippen molar-refractivity contribution in [2.24, 2.45) is 0 Å². The molecule has 1 aliphatic heterocycles. The number of hydrogen-bond acceptors (Lipinski definition) is 5. The normalized spacial score (nSPS) is 22.1. The average molecular weight is 242 g/mol. The number of carbonyl (C=O) groups is 1. The molecule has 5 nitrogen and oxygen atoms in total. The van der Waals surface area contributed by atoms with Crippen molar-refractivity contribution in [3.05, 3.63) is 18.0 Å². The Balaban J connectivity index is 1.96. The number of rotatable bonds is 4. The topological polar surface area (TPSA) is 66.6 Å². The highest BCUT2D eigenvalue weighted by molar-refractivity contribution is 7.99. The molecule has 0 radical (unpaired) electrons. The van der Waals surface area contributed by atoms with Crippen LogP contribution in [0.4, 0.5) is 0 Å². The fourth-order valence-corrected chi connectivity index (χ4v) is 2.94. The lowest BCUT2D eigenvalue weighted by atomic mass is 10.2. The van der Waals surface area contributed by atoms with Crippen molar-refractivity contribution < 1.29 is 14.4 Å². The molecule has 1 aliphatic rings. The first-order chi connectivity index (χ1) is 7.75. The second-order valence-electron chi connectivity index (χ2n) is 3.78. The first-order valence-corrected chi connectivity index (χ1v) is 6.34. The Morgan fingerprint density at radius 2 is 2.62 bits per heavy atom. The third kappa shape index (κ3) is 2.99. The van der Waals surface area contributed by atoms with Gasteiger partial charge >= 0.3 is 5.97 Å². The van der Waals surface area contributed by atoms with Crippen molar-refractivity contribution in [3.8, 4) is 0 Å². The van der Waals surface area contributed by atoms with Crippen molar-refractivity contribution in [2.45, 2.75) is 19.0 Å². The molecule has 1 N–H and O–H groups in total. The Morgan fingerprint density at radius 3 is 3.31 bits per heavy atom. The summed E-state index contributed by atoms with van der Waals surface area (Å²) in [6.45, 7) is 1.56. The van der Waals surface area contributed by atoms with Crippen molar-refractivity contribution in [1.82, 2.24) is 10.1 Å². The highest BCUT2D eigenvalue weighted by Gasteiger charge is 2.25. The molecular formula is C10H14N2O3S. The molecule has 0 amide bonds. The highest BCUT2D eigenvalue weighted by atomic mass is 32.2. The van der Waals surface area contributed by atoms with Crippen molar-refractivity contribution in [2.75, 3.05) is 18.1 Å². The van der Waals surface area contributed by atoms with E-state index in [4.69, 9.17) is 9.63 Å². The molecule has 0 spiro atoms. The summed E-state index contributed by atoms with van der Waals surface area (Å²) in [5, 5.41) is 12.5. The molecule has 2 rings (SSSR count). The zero-order valence-electron chi connectivity index (χ0n) is 8.83. The minimum absolute atomic E-state index is 0.0985. The SMILES string of the molecule is O=C(O)CC1CSCCN1Cc1ccno1. The summed E-state index contributed by atoms with van der Waals surface area (Å²) < 4.78 is 5.04. The highest BCUT2D eigenvalue weighted by Crippen LogP contribution is 2.21. The Hall–Kier alpha value is -1.01. The predicted molar refractivity (Wildman–Crippen MR) is 60.3 cm³/mol. The van der Waals surface area contributed by atoms with Gasteiger partial charge in [-0.2, -0.15) is 11.8 Å². The number of aromatic nitrogens is 1. The van der Waals surface area contributed by atoms with Gasteiger partial charge in [-0.3, -0.25) is 9.69 Å². The Morgan fingerprint density at radius 1 is 1.75 bits per heavy atom. The van der Waals surface area contributed by atoms with Crippen LogP contribution in [-0.2, 0) is 11.3 Å². The van der Waals surface area contributed by atoms with Gasteiger partial charge in [-0.25, -0.2) is 0 Å². The summed E-state index contributed by atoms with van der Waals surface area (Å²) in [6, 6.07) is 1.92. The summed E-state index contributed by atoms with van der Waals surface area (Å²) in [4.78, 5) is 12.9. The Bertz CT molecular complexity index is 342. The number of thioether (sulfide) groups is 1. The van der Waals surface area contributed by atoms with Crippen LogP contribution in [0.1, 0.15) is 12.2 Å². The molecule has 1 fully saturated rings. The molecule has 1 unspecified atom stereocenters. The Labute approximate surface area is 97.8 Å². The molecule has 1 saturated heterocycles. The van der Waals surface area contributed by atoms with Crippen LogP contribution in [0.5, 0.6) is 0 Å². The van der Waals surface area contributed by atoms with Crippen LogP contribution in [0.3, 0.4) is 0 Å². The number of hydrogen-bond donors (Lipinski definition) is 1. The second kappa shape index (κ2) is 5.36. The van der Waals surface area contributed by atoms with Crippen LogP contribution < -0.4 is 0 Å². The summed E-state index contributed by atoms with van der Waals surface area (Å²) in [5.74, 6) is 1.97. The Kier molecular flexibility index (Phi) is 3.84. The van der Waals surface area contributed by atoms with E-state index in [-0.39, 0.29) is 12.5 Å². The lowest BCUT2D eigenvalue weighted by Gasteiger charge is -2.33. The van der Waals surface area contributed by atoms with Crippen LogP contribution in [-0.4, -0.2) is 45.2 Å². The van der Waals surface area contributed by atoms with Gasteiger partial charge in [0.05, 0.1) is 19.2 Å². The van der Waals surface area contributed by atoms with Gasteiger partial charge in [0.2, 0.25) is 0 Å². The van der Waals surface area contributed by atoms with E-state index < -0.39 is 5.97 Å². The minimum atomic E-state index is -0.741. The van der Waals surface area contributed by atoms with E-state index in [9.17, 15) is 4.79 Å². The quantitative estimate of drug-likeness (QED) is 0.851. The van der Waals surface area contributed by atoms with Crippen LogP contribution in [0, 0.1) is 0 Å². The minimum Gasteiger partial charge on any atom is -0.481 e. The molecule has 16 heavy (non-hydrogen) atoms. The monoisotopic (exact) mass is 242 g/mol. The maximum absolute atomic E-state index is 10.7. The van der Waals surface area contributed by atoms with Crippen LogP contribution in [0.15, 0.2) is 16.8 Å². The third-order valence-electron chi connectivity index (χ3n) is 2.61. The van der Waals surface area contributed by atoms with Gasteiger partial charge in [-0.15, -0.1) is 0 Å². The third-order valence-corrected chi connectivity index (χ3v) is 3.70. The molecule has 2 heterocycles. The number of carboxylic acid groups (broad SMARTS) is 1. The van der Waals surface area contributed by atoms with E-state index in [0.29, 0.717) is 6.54 Å². The molecule has 6 heteroatoms. The molecule has 0 saturated carbocycles. The molecule has 1 aromatic heterocycles. The van der Waals surface area contributed by atoms with Gasteiger partial charge in [-0.1, -0.05) is 5.16 Å². The van der Waals surface area contributed by atoms with Crippen molar-refractivity contribution in [1.29, 1.82) is 0 Å². The van der Waals surface area contributed by atoms with Crippen molar-refractivity contribution in [3.63, 3.8) is 0 Å². The van der Waals surface area contributed by atoms with Gasteiger partial charge < -0.3 is 9.63 Å². The molecular weight excluding hydrogens is 228 g/mol. The average Bonchev–Trinajstić information content (AvgIpc) is 2.73. The van der Waals surface area contributed by atoms with E-state index in [1.807, 2.05) is 17.8 Å². The molecule has 1 atom stereocenters. The van der Waals surface area contributed by atoms with Gasteiger partial charge in [0.1, 0.15) is 0 Å². The lowest BCUT2D eigenvalue weighted by molar-refractivity contribution is -0.138. The summed E-state index contributed by atoms with van der Waals surface area (Å²) in [5.41, 5.74) is 0. The summed E-state index contributed by atoms with van der Waals surface area (Å²) >= 11 is 1.81. The smallest absolute Gasteiger partial charge is 0.304 e. The van der Waals surface area contributed by atoms with E-state index >= 15 is 0 Å². The largest absolute Gasteiger partial charge is 0.481 e. The zero-order valence-corrected chi connectivity index (χ0v) is 9.65. The van der Waals surface area contributed by atoms with Crippen molar-refractivity contribution >= 4 is 17.7 Å². The van der Waals surface area contributed by atoms with Gasteiger partial charge in [0, 0.05) is 30.2 Å². The number of carboxylic acids is 1. The summed E-state index contributed by atoms with van der Waals surface area (Å²) in [7, 11) is 0. The maximum atomic E-state index is 10.7. The maximum Gasteiger partial charge on any atom is 0.304 e. The molecule has 0 aromatic carbocycles. The van der Waals surface area contributed by atoms with E-state index in [1.54, 1.807) is 6.20 Å². The number of nitrogens with zero attached hydrogens (tertiary/aromatic N) is 2. The zero-order chi connectivity index (χ0) is 11.4. The fourth-order valence-electron chi connectivity index (χ4n) is 1.81. The van der Waals surface area contributed by atoms with Gasteiger partial charge in [0.15, 0.2) is 5.76 Å². The predicted octanol–water partition coefficient (Wildman–Crippen LogP) is 1.07. The molecule has 88 valence electrons. The fraction of sp³-hybridized carbons (Fsp3) is 0.600. The number of aliphatic carboxylic acids is 1. The van der Waals surface area contributed by atoms with E-state index in [1.165, 1.54) is 0 Å². The molecule has 0 bridgehead atoms.